The van der Waals surface area contributed by atoms with Crippen LogP contribution in [0.25, 0.3) is 0 Å². The monoisotopic (exact) mass is 382 g/mol. The van der Waals surface area contributed by atoms with Crippen LogP contribution in [0, 0.1) is 16.4 Å². The fourth-order valence-electron chi connectivity index (χ4n) is 2.61. The van der Waals surface area contributed by atoms with Gasteiger partial charge in [0.15, 0.2) is 5.72 Å². The largest absolute Gasteiger partial charge is 0.466 e. The van der Waals surface area contributed by atoms with E-state index >= 15 is 0 Å². The number of nitrogens with one attached hydrogen (secondary N) is 1. The van der Waals surface area contributed by atoms with Gasteiger partial charge in [0.05, 0.1) is 17.9 Å². The smallest absolute Gasteiger partial charge is 0.287 e. The first-order valence-electron chi connectivity index (χ1n) is 7.57. The molecule has 0 aliphatic carbocycles. The summed E-state index contributed by atoms with van der Waals surface area (Å²) in [6, 6.07) is 8.08. The number of fused-ring (bicyclic) bond motifs is 1. The van der Waals surface area contributed by atoms with Crippen molar-refractivity contribution >= 4 is 16.0 Å². The Balaban J connectivity index is 2.08. The van der Waals surface area contributed by atoms with Crippen molar-refractivity contribution in [3.8, 4) is 5.75 Å². The number of hydrogen-bond donors (Lipinski definition) is 2. The highest BCUT2D eigenvalue weighted by molar-refractivity contribution is 7.82. The van der Waals surface area contributed by atoms with Crippen molar-refractivity contribution in [3.05, 3.63) is 64.7 Å². The Kier molecular flexibility index (Phi) is 4.55. The van der Waals surface area contributed by atoms with Crippen LogP contribution < -0.4 is 4.74 Å². The van der Waals surface area contributed by atoms with Crippen LogP contribution in [0.2, 0.25) is 0 Å². The maximum Gasteiger partial charge on any atom is 0.287 e. The SMILES string of the molecule is CC1(C)N=C(c2ccc(F)cc2)c2c(F)cc(COS(=N)(=O)O)cc2O1. The summed E-state index contributed by atoms with van der Waals surface area (Å²) in [6.45, 7) is 2.94. The van der Waals surface area contributed by atoms with Crippen molar-refractivity contribution in [1.82, 2.24) is 0 Å². The van der Waals surface area contributed by atoms with Crippen LogP contribution in [-0.4, -0.2) is 20.2 Å². The number of aliphatic imine (C=N–C) groups is 1. The molecule has 1 aliphatic rings. The topological polar surface area (TPSA) is 92.0 Å². The summed E-state index contributed by atoms with van der Waals surface area (Å²) in [6.07, 6.45) is 0. The second-order valence-electron chi connectivity index (χ2n) is 6.20. The molecule has 1 heterocycles. The fraction of sp³-hybridized carbons (Fsp3) is 0.235. The maximum absolute atomic E-state index is 14.7. The molecule has 9 heteroatoms. The summed E-state index contributed by atoms with van der Waals surface area (Å²) in [4.78, 5) is 4.42. The van der Waals surface area contributed by atoms with Gasteiger partial charge in [-0.15, -0.1) is 0 Å². The molecule has 1 unspecified atom stereocenters. The van der Waals surface area contributed by atoms with E-state index in [9.17, 15) is 13.0 Å². The number of rotatable bonds is 4. The Morgan fingerprint density at radius 2 is 1.92 bits per heavy atom. The predicted octanol–water partition coefficient (Wildman–Crippen LogP) is 3.88. The Labute approximate surface area is 149 Å². The second kappa shape index (κ2) is 6.42. The molecule has 26 heavy (non-hydrogen) atoms. The van der Waals surface area contributed by atoms with Crippen LogP contribution in [0.5, 0.6) is 5.75 Å². The van der Waals surface area contributed by atoms with Gasteiger partial charge in [-0.05, 0) is 55.8 Å². The van der Waals surface area contributed by atoms with Crippen molar-refractivity contribution in [3.63, 3.8) is 0 Å². The minimum atomic E-state index is -4.16. The first kappa shape index (κ1) is 18.4. The number of nitrogens with zero attached hydrogens (tertiary/aromatic N) is 1. The molecule has 0 radical (unpaired) electrons. The van der Waals surface area contributed by atoms with Crippen molar-refractivity contribution in [2.75, 3.05) is 0 Å². The van der Waals surface area contributed by atoms with Gasteiger partial charge in [-0.2, -0.15) is 4.21 Å². The van der Waals surface area contributed by atoms with Crippen LogP contribution in [0.1, 0.15) is 30.5 Å². The molecule has 6 nitrogen and oxygen atoms in total. The molecule has 0 fully saturated rings. The zero-order chi connectivity index (χ0) is 19.1. The van der Waals surface area contributed by atoms with Crippen LogP contribution in [-0.2, 0) is 21.1 Å². The third-order valence-corrected chi connectivity index (χ3v) is 4.03. The molecule has 1 aliphatic heterocycles. The van der Waals surface area contributed by atoms with E-state index in [-0.39, 0.29) is 16.9 Å². The summed E-state index contributed by atoms with van der Waals surface area (Å²) in [5.41, 5.74) is 0.175. The van der Waals surface area contributed by atoms with E-state index in [1.165, 1.54) is 30.3 Å². The zero-order valence-electron chi connectivity index (χ0n) is 14.0. The van der Waals surface area contributed by atoms with E-state index in [4.69, 9.17) is 14.1 Å². The first-order valence-corrected chi connectivity index (χ1v) is 9.01. The molecular weight excluding hydrogens is 366 g/mol. The van der Waals surface area contributed by atoms with Gasteiger partial charge >= 0.3 is 0 Å². The van der Waals surface area contributed by atoms with Crippen LogP contribution >= 0.6 is 0 Å². The average Bonchev–Trinajstić information content (AvgIpc) is 2.51. The molecule has 0 spiro atoms. The molecule has 138 valence electrons. The fourth-order valence-corrected chi connectivity index (χ4v) is 2.91. The molecule has 2 aromatic carbocycles. The van der Waals surface area contributed by atoms with E-state index in [1.54, 1.807) is 13.8 Å². The molecule has 1 atom stereocenters. The quantitative estimate of drug-likeness (QED) is 0.839. The van der Waals surface area contributed by atoms with Crippen molar-refractivity contribution in [2.45, 2.75) is 26.2 Å². The van der Waals surface area contributed by atoms with Gasteiger partial charge in [0.2, 0.25) is 0 Å². The van der Waals surface area contributed by atoms with Crippen molar-refractivity contribution in [1.29, 1.82) is 4.78 Å². The molecule has 0 saturated carbocycles. The van der Waals surface area contributed by atoms with Gasteiger partial charge in [-0.25, -0.2) is 18.6 Å². The van der Waals surface area contributed by atoms with Gasteiger partial charge in [-0.1, -0.05) is 0 Å². The van der Waals surface area contributed by atoms with Crippen LogP contribution in [0.15, 0.2) is 41.4 Å². The summed E-state index contributed by atoms with van der Waals surface area (Å²) in [7, 11) is -4.16. The normalized spacial score (nSPS) is 17.7. The first-order chi connectivity index (χ1) is 12.0. The number of halogens is 2. The lowest BCUT2D eigenvalue weighted by atomic mass is 9.97. The van der Waals surface area contributed by atoms with Crippen LogP contribution in [0.3, 0.4) is 0 Å². The summed E-state index contributed by atoms with van der Waals surface area (Å²) in [5, 5.41) is 0. The van der Waals surface area contributed by atoms with Crippen molar-refractivity contribution < 1.29 is 26.5 Å². The number of hydrogen-bond acceptors (Lipinski definition) is 5. The van der Waals surface area contributed by atoms with Gasteiger partial charge in [-0.3, -0.25) is 8.74 Å². The number of ether oxygens (including phenoxy) is 1. The Bertz CT molecular complexity index is 987. The highest BCUT2D eigenvalue weighted by Crippen LogP contribution is 2.35. The van der Waals surface area contributed by atoms with E-state index in [1.807, 2.05) is 0 Å². The molecule has 0 bridgehead atoms. The lowest BCUT2D eigenvalue weighted by Crippen LogP contribution is -2.33. The van der Waals surface area contributed by atoms with Crippen LogP contribution in [0.4, 0.5) is 8.78 Å². The third-order valence-electron chi connectivity index (χ3n) is 3.59. The molecule has 0 aromatic heterocycles. The summed E-state index contributed by atoms with van der Waals surface area (Å²) < 4.78 is 64.8. The van der Waals surface area contributed by atoms with Gasteiger partial charge < -0.3 is 4.74 Å². The number of benzene rings is 2. The Morgan fingerprint density at radius 3 is 2.54 bits per heavy atom. The van der Waals surface area contributed by atoms with E-state index in [2.05, 4.69) is 9.18 Å². The van der Waals surface area contributed by atoms with Gasteiger partial charge in [0.1, 0.15) is 17.4 Å². The molecule has 3 rings (SSSR count). The van der Waals surface area contributed by atoms with E-state index < -0.39 is 34.3 Å². The lowest BCUT2D eigenvalue weighted by Gasteiger charge is -2.31. The molecular formula is C17H16F2N2O4S. The van der Waals surface area contributed by atoms with E-state index in [0.717, 1.165) is 6.07 Å². The average molecular weight is 382 g/mol. The highest BCUT2D eigenvalue weighted by Gasteiger charge is 2.31. The molecule has 0 saturated heterocycles. The minimum Gasteiger partial charge on any atom is -0.466 e. The zero-order valence-corrected chi connectivity index (χ0v) is 14.8. The summed E-state index contributed by atoms with van der Waals surface area (Å²) in [5.74, 6) is -0.914. The van der Waals surface area contributed by atoms with E-state index in [0.29, 0.717) is 11.3 Å². The summed E-state index contributed by atoms with van der Waals surface area (Å²) >= 11 is 0. The predicted molar refractivity (Wildman–Crippen MR) is 91.4 cm³/mol. The van der Waals surface area contributed by atoms with Crippen molar-refractivity contribution in [2.24, 2.45) is 4.99 Å². The second-order valence-corrected chi connectivity index (χ2v) is 7.39. The lowest BCUT2D eigenvalue weighted by molar-refractivity contribution is 0.114. The Hall–Kier alpha value is -2.36. The maximum atomic E-state index is 14.7. The van der Waals surface area contributed by atoms with Gasteiger partial charge in [0.25, 0.3) is 10.3 Å². The molecule has 2 N–H and O–H groups in total. The highest BCUT2D eigenvalue weighted by atomic mass is 32.2. The van der Waals surface area contributed by atoms with Gasteiger partial charge in [0, 0.05) is 5.56 Å². The standard InChI is InChI=1S/C17H16F2N2O4S/c1-17(2)21-16(11-3-5-12(18)6-4-11)15-13(19)7-10(8-14(15)25-17)9-24-26(20,22)23/h3-8H,9H2,1-2H3,(H2,20,22,23). The minimum absolute atomic E-state index is 0.107. The molecule has 0 amide bonds. The third kappa shape index (κ3) is 4.06. The molecule has 2 aromatic rings. The Morgan fingerprint density at radius 1 is 1.27 bits per heavy atom.